The van der Waals surface area contributed by atoms with Crippen molar-refractivity contribution in [2.24, 2.45) is 5.73 Å². The van der Waals surface area contributed by atoms with Gasteiger partial charge in [0.25, 0.3) is 5.91 Å². The minimum atomic E-state index is -0.689. The Morgan fingerprint density at radius 2 is 2.15 bits per heavy atom. The average Bonchev–Trinajstić information content (AvgIpc) is 2.97. The maximum atomic E-state index is 12.7. The number of benzene rings is 1. The number of hydrogen-bond donors (Lipinski definition) is 3. The highest BCUT2D eigenvalue weighted by atomic mass is 16.5. The van der Waals surface area contributed by atoms with Crippen molar-refractivity contribution < 1.29 is 23.9 Å². The number of ether oxygens (including phenoxy) is 1. The molecule has 2 heterocycles. The molecule has 1 saturated heterocycles. The topological polar surface area (TPSA) is 131 Å². The molecule has 0 bridgehead atoms. The van der Waals surface area contributed by atoms with Crippen molar-refractivity contribution >= 4 is 29.3 Å². The zero-order valence-corrected chi connectivity index (χ0v) is 14.8. The van der Waals surface area contributed by atoms with Crippen molar-refractivity contribution in [2.45, 2.75) is 31.8 Å². The Labute approximate surface area is 156 Å². The maximum Gasteiger partial charge on any atom is 0.255 e. The van der Waals surface area contributed by atoms with Crippen LogP contribution in [-0.4, -0.2) is 54.3 Å². The molecular weight excluding hydrogens is 352 g/mol. The van der Waals surface area contributed by atoms with Crippen LogP contribution in [0.3, 0.4) is 0 Å². The maximum absolute atomic E-state index is 12.7. The molecule has 1 atom stereocenters. The summed E-state index contributed by atoms with van der Waals surface area (Å²) in [6.45, 7) is 0.990. The summed E-state index contributed by atoms with van der Waals surface area (Å²) in [6.07, 6.45) is 1.16. The number of fused-ring (bicyclic) bond motifs is 1. The van der Waals surface area contributed by atoms with Gasteiger partial charge in [0, 0.05) is 36.4 Å². The normalized spacial score (nSPS) is 19.1. The van der Waals surface area contributed by atoms with Crippen molar-refractivity contribution in [3.8, 4) is 0 Å². The Kier molecular flexibility index (Phi) is 5.82. The third-order valence-corrected chi connectivity index (χ3v) is 4.58. The minimum Gasteiger partial charge on any atom is -0.372 e. The van der Waals surface area contributed by atoms with Crippen molar-refractivity contribution in [2.75, 3.05) is 25.1 Å². The van der Waals surface area contributed by atoms with E-state index in [4.69, 9.17) is 10.5 Å². The number of anilines is 1. The number of hydrogen-bond acceptors (Lipinski definition) is 6. The Balaban J connectivity index is 1.69. The Morgan fingerprint density at radius 3 is 2.89 bits per heavy atom. The van der Waals surface area contributed by atoms with Crippen LogP contribution in [-0.2, 0) is 25.7 Å². The van der Waals surface area contributed by atoms with Crippen LogP contribution in [0.15, 0.2) is 18.2 Å². The van der Waals surface area contributed by atoms with E-state index in [-0.39, 0.29) is 37.3 Å². The lowest BCUT2D eigenvalue weighted by Crippen LogP contribution is -2.52. The number of nitrogens with one attached hydrogen (secondary N) is 2. The number of carbonyl (C=O) groups is 4. The first-order valence-corrected chi connectivity index (χ1v) is 8.85. The second-order valence-electron chi connectivity index (χ2n) is 6.47. The van der Waals surface area contributed by atoms with Crippen molar-refractivity contribution in [3.05, 3.63) is 29.3 Å². The van der Waals surface area contributed by atoms with Gasteiger partial charge >= 0.3 is 0 Å². The van der Waals surface area contributed by atoms with Gasteiger partial charge in [0.15, 0.2) is 0 Å². The number of nitrogens with two attached hydrogens (primary N) is 1. The summed E-state index contributed by atoms with van der Waals surface area (Å²) < 4.78 is 5.23. The molecule has 0 radical (unpaired) electrons. The second-order valence-corrected chi connectivity index (χ2v) is 6.47. The lowest BCUT2D eigenvalue weighted by Gasteiger charge is -2.29. The summed E-state index contributed by atoms with van der Waals surface area (Å²) in [6, 6.07) is 4.36. The van der Waals surface area contributed by atoms with Crippen LogP contribution in [0.5, 0.6) is 0 Å². The van der Waals surface area contributed by atoms with Crippen LogP contribution in [0.2, 0.25) is 0 Å². The molecule has 0 spiro atoms. The number of piperidine rings is 1. The lowest BCUT2D eigenvalue weighted by atomic mass is 10.0. The Hall–Kier alpha value is -2.78. The highest BCUT2D eigenvalue weighted by Gasteiger charge is 2.39. The standard InChI is InChI=1S/C18H22N4O5/c19-7-2-8-27-10-16(24)20-13-4-1-3-11-12(13)9-22(18(11)26)14-5-6-15(23)21-17(14)25/h1,3-4,14H,2,5-10,19H2,(H,20,24)(H,21,23,25). The molecule has 2 aliphatic heterocycles. The first kappa shape index (κ1) is 19.0. The van der Waals surface area contributed by atoms with E-state index < -0.39 is 11.9 Å². The van der Waals surface area contributed by atoms with Crippen LogP contribution < -0.4 is 16.4 Å². The van der Waals surface area contributed by atoms with Crippen LogP contribution in [0.1, 0.15) is 35.2 Å². The van der Waals surface area contributed by atoms with Crippen molar-refractivity contribution in [1.82, 2.24) is 10.2 Å². The molecule has 0 aliphatic carbocycles. The number of rotatable bonds is 7. The SMILES string of the molecule is NCCCOCC(=O)Nc1cccc2c1CN(C1CCC(=O)NC1=O)C2=O. The number of amides is 4. The highest BCUT2D eigenvalue weighted by Crippen LogP contribution is 2.32. The van der Waals surface area contributed by atoms with Crippen LogP contribution in [0, 0.1) is 0 Å². The predicted octanol–water partition coefficient (Wildman–Crippen LogP) is -0.248. The fourth-order valence-corrected chi connectivity index (χ4v) is 3.24. The first-order chi connectivity index (χ1) is 13.0. The molecule has 9 heteroatoms. The minimum absolute atomic E-state index is 0.103. The van der Waals surface area contributed by atoms with Gasteiger partial charge in [-0.1, -0.05) is 6.07 Å². The molecule has 144 valence electrons. The summed E-state index contributed by atoms with van der Waals surface area (Å²) in [7, 11) is 0. The molecular formula is C18H22N4O5. The molecule has 4 N–H and O–H groups in total. The predicted molar refractivity (Wildman–Crippen MR) is 95.6 cm³/mol. The molecule has 4 amide bonds. The van der Waals surface area contributed by atoms with Gasteiger partial charge in [-0.3, -0.25) is 24.5 Å². The largest absolute Gasteiger partial charge is 0.372 e. The van der Waals surface area contributed by atoms with Gasteiger partial charge in [-0.25, -0.2) is 0 Å². The Bertz CT molecular complexity index is 779. The fourth-order valence-electron chi connectivity index (χ4n) is 3.24. The number of nitrogens with zero attached hydrogens (tertiary/aromatic N) is 1. The first-order valence-electron chi connectivity index (χ1n) is 8.85. The third kappa shape index (κ3) is 4.15. The highest BCUT2D eigenvalue weighted by molar-refractivity contribution is 6.06. The summed E-state index contributed by atoms with van der Waals surface area (Å²) >= 11 is 0. The lowest BCUT2D eigenvalue weighted by molar-refractivity contribution is -0.137. The smallest absolute Gasteiger partial charge is 0.255 e. The zero-order chi connectivity index (χ0) is 19.4. The van der Waals surface area contributed by atoms with Gasteiger partial charge in [-0.05, 0) is 31.5 Å². The van der Waals surface area contributed by atoms with Gasteiger partial charge in [0.2, 0.25) is 17.7 Å². The van der Waals surface area contributed by atoms with Crippen LogP contribution in [0.4, 0.5) is 5.69 Å². The van der Waals surface area contributed by atoms with Crippen molar-refractivity contribution in [3.63, 3.8) is 0 Å². The van der Waals surface area contributed by atoms with E-state index in [0.717, 1.165) is 0 Å². The zero-order valence-electron chi connectivity index (χ0n) is 14.8. The van der Waals surface area contributed by atoms with E-state index >= 15 is 0 Å². The van der Waals surface area contributed by atoms with Gasteiger partial charge in [0.1, 0.15) is 12.6 Å². The Morgan fingerprint density at radius 1 is 1.33 bits per heavy atom. The summed E-state index contributed by atoms with van der Waals surface area (Å²) in [4.78, 5) is 49.7. The van der Waals surface area contributed by atoms with Gasteiger partial charge in [0.05, 0.1) is 0 Å². The monoisotopic (exact) mass is 374 g/mol. The average molecular weight is 374 g/mol. The van der Waals surface area contributed by atoms with E-state index in [1.165, 1.54) is 4.90 Å². The molecule has 0 aromatic heterocycles. The molecule has 9 nitrogen and oxygen atoms in total. The van der Waals surface area contributed by atoms with Crippen LogP contribution in [0.25, 0.3) is 0 Å². The van der Waals surface area contributed by atoms with Gasteiger partial charge in [-0.15, -0.1) is 0 Å². The van der Waals surface area contributed by atoms with E-state index in [2.05, 4.69) is 10.6 Å². The fraction of sp³-hybridized carbons (Fsp3) is 0.444. The number of imide groups is 1. The van der Waals surface area contributed by atoms with Gasteiger partial charge in [-0.2, -0.15) is 0 Å². The molecule has 1 aromatic carbocycles. The molecule has 1 unspecified atom stereocenters. The molecule has 1 aromatic rings. The number of carbonyl (C=O) groups excluding carboxylic acids is 4. The van der Waals surface area contributed by atoms with E-state index in [0.29, 0.717) is 42.8 Å². The summed E-state index contributed by atoms with van der Waals surface area (Å²) in [5.41, 5.74) is 6.99. The van der Waals surface area contributed by atoms with E-state index in [1.807, 2.05) is 0 Å². The third-order valence-electron chi connectivity index (χ3n) is 4.58. The summed E-state index contributed by atoms with van der Waals surface area (Å²) in [5, 5.41) is 5.02. The molecule has 27 heavy (non-hydrogen) atoms. The van der Waals surface area contributed by atoms with Crippen molar-refractivity contribution in [1.29, 1.82) is 0 Å². The molecule has 0 saturated carbocycles. The molecule has 1 fully saturated rings. The van der Waals surface area contributed by atoms with Crippen LogP contribution >= 0.6 is 0 Å². The molecule has 2 aliphatic rings. The summed E-state index contributed by atoms with van der Waals surface area (Å²) in [5.74, 6) is -1.41. The quantitative estimate of drug-likeness (QED) is 0.446. The second kappa shape index (κ2) is 8.28. The van der Waals surface area contributed by atoms with E-state index in [1.54, 1.807) is 18.2 Å². The van der Waals surface area contributed by atoms with Gasteiger partial charge < -0.3 is 20.7 Å². The molecule has 3 rings (SSSR count). The van der Waals surface area contributed by atoms with E-state index in [9.17, 15) is 19.2 Å².